The number of halogens is 1. The molecule has 0 spiro atoms. The summed E-state index contributed by atoms with van der Waals surface area (Å²) < 4.78 is 0. The van der Waals surface area contributed by atoms with Gasteiger partial charge in [0.1, 0.15) is 6.04 Å². The van der Waals surface area contributed by atoms with Crippen molar-refractivity contribution in [2.75, 3.05) is 6.54 Å². The molecule has 2 rings (SSSR count). The Balaban J connectivity index is 1.88. The number of carbonyl (C=O) groups excluding carboxylic acids is 2. The van der Waals surface area contributed by atoms with Gasteiger partial charge in [-0.3, -0.25) is 10.1 Å². The second-order valence-corrected chi connectivity index (χ2v) is 4.20. The maximum absolute atomic E-state index is 11.4. The van der Waals surface area contributed by atoms with Crippen LogP contribution in [0.2, 0.25) is 5.02 Å². The maximum atomic E-state index is 11.4. The smallest absolute Gasteiger partial charge is 0.321 e. The Kier molecular flexibility index (Phi) is 3.61. The molecule has 1 aliphatic heterocycles. The highest BCUT2D eigenvalue weighted by molar-refractivity contribution is 6.30. The Labute approximate surface area is 104 Å². The third-order valence-corrected chi connectivity index (χ3v) is 2.74. The lowest BCUT2D eigenvalue weighted by Gasteiger charge is -2.23. The molecule has 3 amide bonds. The van der Waals surface area contributed by atoms with Gasteiger partial charge in [0, 0.05) is 18.1 Å². The van der Waals surface area contributed by atoms with E-state index in [1.54, 1.807) is 12.1 Å². The van der Waals surface area contributed by atoms with Gasteiger partial charge in [-0.2, -0.15) is 0 Å². The van der Waals surface area contributed by atoms with Crippen LogP contribution in [0, 0.1) is 0 Å². The molecule has 1 aromatic carbocycles. The lowest BCUT2D eigenvalue weighted by atomic mass is 10.2. The highest BCUT2D eigenvalue weighted by Crippen LogP contribution is 2.09. The molecule has 17 heavy (non-hydrogen) atoms. The number of hydrogen-bond acceptors (Lipinski definition) is 3. The summed E-state index contributed by atoms with van der Waals surface area (Å²) in [7, 11) is 0. The molecule has 1 unspecified atom stereocenters. The van der Waals surface area contributed by atoms with Crippen LogP contribution in [0.15, 0.2) is 24.3 Å². The molecule has 3 N–H and O–H groups in total. The molecule has 5 nitrogen and oxygen atoms in total. The van der Waals surface area contributed by atoms with Crippen LogP contribution in [0.3, 0.4) is 0 Å². The van der Waals surface area contributed by atoms with Crippen LogP contribution in [-0.4, -0.2) is 24.5 Å². The highest BCUT2D eigenvalue weighted by atomic mass is 35.5. The van der Waals surface area contributed by atoms with E-state index < -0.39 is 12.1 Å². The summed E-state index contributed by atoms with van der Waals surface area (Å²) in [5, 5.41) is 8.49. The molecule has 6 heteroatoms. The summed E-state index contributed by atoms with van der Waals surface area (Å²) in [5.74, 6) is -0.303. The fourth-order valence-corrected chi connectivity index (χ4v) is 1.66. The first kappa shape index (κ1) is 11.9. The number of benzene rings is 1. The largest absolute Gasteiger partial charge is 0.336 e. The second kappa shape index (κ2) is 5.16. The summed E-state index contributed by atoms with van der Waals surface area (Å²) >= 11 is 5.77. The van der Waals surface area contributed by atoms with Crippen LogP contribution in [0.5, 0.6) is 0 Å². The molecular formula is C11H12ClN3O2. The van der Waals surface area contributed by atoms with Crippen molar-refractivity contribution in [3.05, 3.63) is 34.9 Å². The molecule has 90 valence electrons. The third-order valence-electron chi connectivity index (χ3n) is 2.49. The van der Waals surface area contributed by atoms with Crippen molar-refractivity contribution in [2.24, 2.45) is 0 Å². The first-order valence-electron chi connectivity index (χ1n) is 5.21. The fraction of sp³-hybridized carbons (Fsp3) is 0.273. The van der Waals surface area contributed by atoms with Gasteiger partial charge in [-0.05, 0) is 17.7 Å². The van der Waals surface area contributed by atoms with Crippen LogP contribution in [0.25, 0.3) is 0 Å². The molecule has 0 aliphatic carbocycles. The Morgan fingerprint density at radius 3 is 2.65 bits per heavy atom. The van der Waals surface area contributed by atoms with Gasteiger partial charge in [-0.1, -0.05) is 23.7 Å². The summed E-state index contributed by atoms with van der Waals surface area (Å²) in [6, 6.07) is 6.51. The van der Waals surface area contributed by atoms with Gasteiger partial charge in [-0.25, -0.2) is 4.79 Å². The summed E-state index contributed by atoms with van der Waals surface area (Å²) in [6.45, 7) is 0.851. The highest BCUT2D eigenvalue weighted by Gasteiger charge is 2.25. The van der Waals surface area contributed by atoms with E-state index in [1.807, 2.05) is 12.1 Å². The topological polar surface area (TPSA) is 70.2 Å². The van der Waals surface area contributed by atoms with Crippen LogP contribution in [0.1, 0.15) is 5.56 Å². The molecule has 0 radical (unpaired) electrons. The number of imide groups is 1. The Hall–Kier alpha value is -1.59. The van der Waals surface area contributed by atoms with Gasteiger partial charge in [0.05, 0.1) is 0 Å². The first-order valence-corrected chi connectivity index (χ1v) is 5.59. The van der Waals surface area contributed by atoms with Gasteiger partial charge < -0.3 is 10.6 Å². The monoisotopic (exact) mass is 253 g/mol. The predicted molar refractivity (Wildman–Crippen MR) is 63.6 cm³/mol. The van der Waals surface area contributed by atoms with E-state index in [0.29, 0.717) is 18.1 Å². The number of hydrogen-bond donors (Lipinski definition) is 3. The van der Waals surface area contributed by atoms with Crippen LogP contribution in [0.4, 0.5) is 4.79 Å². The van der Waals surface area contributed by atoms with Crippen molar-refractivity contribution in [1.82, 2.24) is 16.0 Å². The minimum atomic E-state index is -0.445. The van der Waals surface area contributed by atoms with E-state index in [-0.39, 0.29) is 5.91 Å². The SMILES string of the molecule is O=C1NCC(NCc2ccc(Cl)cc2)C(=O)N1. The van der Waals surface area contributed by atoms with Crippen LogP contribution in [-0.2, 0) is 11.3 Å². The Bertz CT molecular complexity index is 433. The molecule has 1 saturated heterocycles. The maximum Gasteiger partial charge on any atom is 0.321 e. The summed E-state index contributed by atoms with van der Waals surface area (Å²) in [4.78, 5) is 22.3. The van der Waals surface area contributed by atoms with E-state index in [9.17, 15) is 9.59 Å². The summed E-state index contributed by atoms with van der Waals surface area (Å²) in [5.41, 5.74) is 1.03. The molecule has 0 aromatic heterocycles. The number of urea groups is 1. The molecule has 1 heterocycles. The first-order chi connectivity index (χ1) is 8.15. The lowest BCUT2D eigenvalue weighted by Crippen LogP contribution is -2.59. The minimum absolute atomic E-state index is 0.303. The average Bonchev–Trinajstić information content (AvgIpc) is 2.30. The van der Waals surface area contributed by atoms with E-state index in [4.69, 9.17) is 11.6 Å². The Morgan fingerprint density at radius 1 is 1.29 bits per heavy atom. The number of amides is 3. The molecule has 1 fully saturated rings. The minimum Gasteiger partial charge on any atom is -0.336 e. The van der Waals surface area contributed by atoms with E-state index in [2.05, 4.69) is 16.0 Å². The third kappa shape index (κ3) is 3.18. The standard InChI is InChI=1S/C11H12ClN3O2/c12-8-3-1-7(2-4-8)5-13-9-6-14-11(17)15-10(9)16/h1-4,9,13H,5-6H2,(H2,14,15,16,17). The quantitative estimate of drug-likeness (QED) is 0.740. The van der Waals surface area contributed by atoms with Crippen molar-refractivity contribution in [3.63, 3.8) is 0 Å². The molecule has 1 aromatic rings. The van der Waals surface area contributed by atoms with E-state index in [0.717, 1.165) is 5.56 Å². The zero-order chi connectivity index (χ0) is 12.3. The van der Waals surface area contributed by atoms with Crippen LogP contribution < -0.4 is 16.0 Å². The van der Waals surface area contributed by atoms with Gasteiger partial charge in [-0.15, -0.1) is 0 Å². The van der Waals surface area contributed by atoms with Crippen molar-refractivity contribution in [2.45, 2.75) is 12.6 Å². The fourth-order valence-electron chi connectivity index (χ4n) is 1.54. The van der Waals surface area contributed by atoms with Gasteiger partial charge in [0.15, 0.2) is 0 Å². The van der Waals surface area contributed by atoms with E-state index in [1.165, 1.54) is 0 Å². The molecule has 1 atom stereocenters. The predicted octanol–water partition coefficient (Wildman–Crippen LogP) is 0.638. The normalized spacial score (nSPS) is 19.7. The number of nitrogens with one attached hydrogen (secondary N) is 3. The zero-order valence-electron chi connectivity index (χ0n) is 9.00. The second-order valence-electron chi connectivity index (χ2n) is 3.76. The average molecular weight is 254 g/mol. The number of carbonyl (C=O) groups is 2. The van der Waals surface area contributed by atoms with Gasteiger partial charge in [0.25, 0.3) is 0 Å². The molecule has 0 saturated carbocycles. The molecule has 1 aliphatic rings. The van der Waals surface area contributed by atoms with Gasteiger partial charge in [0.2, 0.25) is 5.91 Å². The number of rotatable bonds is 3. The van der Waals surface area contributed by atoms with Crippen molar-refractivity contribution < 1.29 is 9.59 Å². The van der Waals surface area contributed by atoms with Crippen LogP contribution >= 0.6 is 11.6 Å². The van der Waals surface area contributed by atoms with Crippen molar-refractivity contribution >= 4 is 23.5 Å². The zero-order valence-corrected chi connectivity index (χ0v) is 9.75. The Morgan fingerprint density at radius 2 is 2.00 bits per heavy atom. The van der Waals surface area contributed by atoms with Crippen molar-refractivity contribution in [3.8, 4) is 0 Å². The van der Waals surface area contributed by atoms with Crippen molar-refractivity contribution in [1.29, 1.82) is 0 Å². The summed E-state index contributed by atoms with van der Waals surface area (Å²) in [6.07, 6.45) is 0. The molecule has 0 bridgehead atoms. The van der Waals surface area contributed by atoms with E-state index >= 15 is 0 Å². The molecular weight excluding hydrogens is 242 g/mol. The van der Waals surface area contributed by atoms with Gasteiger partial charge >= 0.3 is 6.03 Å². The lowest BCUT2D eigenvalue weighted by molar-refractivity contribution is -0.122.